The van der Waals surface area contributed by atoms with Crippen molar-refractivity contribution in [2.45, 2.75) is 25.9 Å². The Morgan fingerprint density at radius 3 is 2.83 bits per heavy atom. The van der Waals surface area contributed by atoms with Gasteiger partial charge < -0.3 is 10.1 Å². The molecule has 0 aliphatic carbocycles. The number of anilines is 1. The molecule has 18 heavy (non-hydrogen) atoms. The summed E-state index contributed by atoms with van der Waals surface area (Å²) < 4.78 is 18.5. The van der Waals surface area contributed by atoms with Crippen LogP contribution in [-0.4, -0.2) is 19.1 Å². The van der Waals surface area contributed by atoms with Gasteiger partial charge in [0.15, 0.2) is 0 Å². The number of amides is 1. The molecule has 0 saturated heterocycles. The van der Waals surface area contributed by atoms with Crippen molar-refractivity contribution in [1.82, 2.24) is 0 Å². The largest absolute Gasteiger partial charge is 0.382 e. The van der Waals surface area contributed by atoms with E-state index >= 15 is 0 Å². The van der Waals surface area contributed by atoms with Crippen LogP contribution in [0.2, 0.25) is 5.02 Å². The third-order valence-corrected chi connectivity index (χ3v) is 3.38. The van der Waals surface area contributed by atoms with Crippen LogP contribution in [0.1, 0.15) is 19.8 Å². The zero-order valence-electron chi connectivity index (χ0n) is 10.1. The first-order chi connectivity index (χ1) is 8.43. The van der Waals surface area contributed by atoms with E-state index in [9.17, 15) is 9.18 Å². The Kier molecular flexibility index (Phi) is 6.05. The molecule has 0 radical (unpaired) electrons. The van der Waals surface area contributed by atoms with Gasteiger partial charge in [-0.25, -0.2) is 4.39 Å². The first kappa shape index (κ1) is 15.4. The second kappa shape index (κ2) is 7.07. The van der Waals surface area contributed by atoms with Crippen LogP contribution in [0.4, 0.5) is 10.1 Å². The van der Waals surface area contributed by atoms with E-state index in [1.165, 1.54) is 6.07 Å². The van der Waals surface area contributed by atoms with Crippen LogP contribution in [0, 0.1) is 5.82 Å². The van der Waals surface area contributed by atoms with Crippen molar-refractivity contribution in [1.29, 1.82) is 0 Å². The number of halogens is 3. The Labute approximate surface area is 119 Å². The van der Waals surface area contributed by atoms with Crippen LogP contribution < -0.4 is 5.32 Å². The molecule has 1 aromatic carbocycles. The van der Waals surface area contributed by atoms with Crippen LogP contribution in [0.25, 0.3) is 0 Å². The number of ether oxygens (including phenoxy) is 1. The van der Waals surface area contributed by atoms with Gasteiger partial charge in [-0.2, -0.15) is 0 Å². The SMILES string of the molecule is COC(C)CCC(=O)Nc1c(Cl)cc(F)cc1Br. The van der Waals surface area contributed by atoms with Gasteiger partial charge in [0, 0.05) is 18.0 Å². The lowest BCUT2D eigenvalue weighted by Gasteiger charge is -2.11. The number of carbonyl (C=O) groups is 1. The molecule has 6 heteroatoms. The van der Waals surface area contributed by atoms with Crippen molar-refractivity contribution >= 4 is 39.1 Å². The van der Waals surface area contributed by atoms with E-state index in [1.54, 1.807) is 7.11 Å². The molecule has 0 heterocycles. The molecule has 3 nitrogen and oxygen atoms in total. The smallest absolute Gasteiger partial charge is 0.224 e. The Balaban J connectivity index is 2.65. The van der Waals surface area contributed by atoms with Gasteiger partial charge in [0.2, 0.25) is 5.91 Å². The Hall–Kier alpha value is -0.650. The van der Waals surface area contributed by atoms with E-state index in [2.05, 4.69) is 21.2 Å². The molecule has 1 unspecified atom stereocenters. The number of benzene rings is 1. The van der Waals surface area contributed by atoms with Crippen molar-refractivity contribution in [2.24, 2.45) is 0 Å². The topological polar surface area (TPSA) is 38.3 Å². The van der Waals surface area contributed by atoms with Crippen molar-refractivity contribution < 1.29 is 13.9 Å². The second-order valence-corrected chi connectivity index (χ2v) is 5.14. The monoisotopic (exact) mass is 337 g/mol. The average Bonchev–Trinajstić information content (AvgIpc) is 2.30. The summed E-state index contributed by atoms with van der Waals surface area (Å²) in [6.45, 7) is 1.88. The third kappa shape index (κ3) is 4.55. The lowest BCUT2D eigenvalue weighted by Crippen LogP contribution is -2.15. The molecule has 0 saturated carbocycles. The highest BCUT2D eigenvalue weighted by atomic mass is 79.9. The lowest BCUT2D eigenvalue weighted by atomic mass is 10.2. The van der Waals surface area contributed by atoms with E-state index < -0.39 is 5.82 Å². The predicted octanol–water partition coefficient (Wildman–Crippen LogP) is 4.00. The van der Waals surface area contributed by atoms with Gasteiger partial charge in [0.25, 0.3) is 0 Å². The summed E-state index contributed by atoms with van der Waals surface area (Å²) in [5.74, 6) is -0.647. The van der Waals surface area contributed by atoms with E-state index in [1.807, 2.05) is 6.92 Å². The van der Waals surface area contributed by atoms with Gasteiger partial charge in [-0.15, -0.1) is 0 Å². The fourth-order valence-corrected chi connectivity index (χ4v) is 2.21. The maximum atomic E-state index is 13.0. The van der Waals surface area contributed by atoms with Crippen LogP contribution >= 0.6 is 27.5 Å². The number of methoxy groups -OCH3 is 1. The summed E-state index contributed by atoms with van der Waals surface area (Å²) in [6.07, 6.45) is 0.941. The van der Waals surface area contributed by atoms with E-state index in [0.717, 1.165) is 6.07 Å². The summed E-state index contributed by atoms with van der Waals surface area (Å²) in [4.78, 5) is 11.7. The molecule has 0 spiro atoms. The molecule has 1 N–H and O–H groups in total. The number of hydrogen-bond donors (Lipinski definition) is 1. The fourth-order valence-electron chi connectivity index (χ4n) is 1.32. The third-order valence-electron chi connectivity index (χ3n) is 2.45. The van der Waals surface area contributed by atoms with Gasteiger partial charge in [0.05, 0.1) is 16.8 Å². The molecular weight excluding hydrogens is 324 g/mol. The van der Waals surface area contributed by atoms with Gasteiger partial charge in [-0.3, -0.25) is 4.79 Å². The normalized spacial score (nSPS) is 12.3. The van der Waals surface area contributed by atoms with Crippen LogP contribution in [-0.2, 0) is 9.53 Å². The lowest BCUT2D eigenvalue weighted by molar-refractivity contribution is -0.116. The molecule has 1 aromatic rings. The standard InChI is InChI=1S/C12H14BrClFNO2/c1-7(18-2)3-4-11(17)16-12-9(13)5-8(15)6-10(12)14/h5-7H,3-4H2,1-2H3,(H,16,17). The molecule has 1 amide bonds. The zero-order valence-corrected chi connectivity index (χ0v) is 12.4. The number of carbonyl (C=O) groups excluding carboxylic acids is 1. The molecule has 0 aliphatic rings. The van der Waals surface area contributed by atoms with Crippen LogP contribution in [0.3, 0.4) is 0 Å². The van der Waals surface area contributed by atoms with Gasteiger partial charge >= 0.3 is 0 Å². The van der Waals surface area contributed by atoms with Crippen molar-refractivity contribution in [2.75, 3.05) is 12.4 Å². The Morgan fingerprint density at radius 2 is 2.28 bits per heavy atom. The fraction of sp³-hybridized carbons (Fsp3) is 0.417. The summed E-state index contributed by atoms with van der Waals surface area (Å²) in [5, 5.41) is 2.81. The highest BCUT2D eigenvalue weighted by Crippen LogP contribution is 2.31. The summed E-state index contributed by atoms with van der Waals surface area (Å²) >= 11 is 9.02. The minimum absolute atomic E-state index is 0.0166. The molecule has 0 aliphatic heterocycles. The maximum absolute atomic E-state index is 13.0. The molecule has 100 valence electrons. The maximum Gasteiger partial charge on any atom is 0.224 e. The zero-order chi connectivity index (χ0) is 13.7. The molecule has 1 atom stereocenters. The van der Waals surface area contributed by atoms with Gasteiger partial charge in [-0.05, 0) is 41.4 Å². The highest BCUT2D eigenvalue weighted by molar-refractivity contribution is 9.10. The molecular formula is C12H14BrClFNO2. The summed E-state index contributed by atoms with van der Waals surface area (Å²) in [7, 11) is 1.59. The predicted molar refractivity (Wildman–Crippen MR) is 73.4 cm³/mol. The van der Waals surface area contributed by atoms with E-state index in [4.69, 9.17) is 16.3 Å². The molecule has 0 aromatic heterocycles. The van der Waals surface area contributed by atoms with Crippen molar-refractivity contribution in [3.63, 3.8) is 0 Å². The van der Waals surface area contributed by atoms with E-state index in [-0.39, 0.29) is 17.0 Å². The summed E-state index contributed by atoms with van der Waals surface area (Å²) in [6, 6.07) is 2.40. The number of rotatable bonds is 5. The highest BCUT2D eigenvalue weighted by Gasteiger charge is 2.12. The van der Waals surface area contributed by atoms with Gasteiger partial charge in [0.1, 0.15) is 5.82 Å². The molecule has 0 bridgehead atoms. The van der Waals surface area contributed by atoms with Crippen LogP contribution in [0.15, 0.2) is 16.6 Å². The van der Waals surface area contributed by atoms with Gasteiger partial charge in [-0.1, -0.05) is 11.6 Å². The van der Waals surface area contributed by atoms with E-state index in [0.29, 0.717) is 23.0 Å². The molecule has 0 fully saturated rings. The number of nitrogens with one attached hydrogen (secondary N) is 1. The number of hydrogen-bond acceptors (Lipinski definition) is 2. The molecule has 1 rings (SSSR count). The van der Waals surface area contributed by atoms with Crippen molar-refractivity contribution in [3.05, 3.63) is 27.4 Å². The first-order valence-electron chi connectivity index (χ1n) is 5.41. The van der Waals surface area contributed by atoms with Crippen LogP contribution in [0.5, 0.6) is 0 Å². The van der Waals surface area contributed by atoms with Crippen molar-refractivity contribution in [3.8, 4) is 0 Å². The Morgan fingerprint density at radius 1 is 1.61 bits per heavy atom. The Bertz CT molecular complexity index is 419. The average molecular weight is 339 g/mol. The second-order valence-electron chi connectivity index (χ2n) is 3.88. The minimum Gasteiger partial charge on any atom is -0.382 e. The summed E-state index contributed by atoms with van der Waals surface area (Å²) in [5.41, 5.74) is 0.383. The quantitative estimate of drug-likeness (QED) is 0.881. The first-order valence-corrected chi connectivity index (χ1v) is 6.58. The minimum atomic E-state index is -0.460.